The summed E-state index contributed by atoms with van der Waals surface area (Å²) in [6.07, 6.45) is 4.15. The van der Waals surface area contributed by atoms with E-state index in [1.807, 2.05) is 0 Å². The van der Waals surface area contributed by atoms with Crippen molar-refractivity contribution >= 4 is 10.1 Å². The molecular weight excluding hydrogens is 47.0 g/mol. The Bertz CT molecular complexity index is 33.0. The summed E-state index contributed by atoms with van der Waals surface area (Å²) in [5, 5.41) is 0. The zero-order chi connectivity index (χ0) is 2.71. The molecule has 3 radical (unpaired) electrons. The van der Waals surface area contributed by atoms with Crippen LogP contribution >= 0.6 is 0 Å². The van der Waals surface area contributed by atoms with Gasteiger partial charge in [0.05, 0.1) is 0 Å². The third-order valence-corrected chi connectivity index (χ3v) is 0. The van der Waals surface area contributed by atoms with Crippen LogP contribution in [0.25, 0.3) is 5.73 Å². The quantitative estimate of drug-likeness (QED) is 0.280. The first-order valence-corrected chi connectivity index (χ1v) is 0.512. The van der Waals surface area contributed by atoms with Crippen LogP contribution in [0.1, 0.15) is 2.85 Å². The number of terminal acetylenes is 1. The summed E-state index contributed by atoms with van der Waals surface area (Å²) in [4.78, 5) is 0. The van der Waals surface area contributed by atoms with E-state index >= 15 is 0 Å². The summed E-state index contributed by atoms with van der Waals surface area (Å²) in [6, 6.07) is 1.25. The zero-order valence-electron chi connectivity index (χ0n) is 3.23. The third kappa shape index (κ3) is 1.93. The third-order valence-electron chi connectivity index (χ3n) is 0. The van der Waals surface area contributed by atoms with Crippen LogP contribution in [0.5, 0.6) is 0 Å². The van der Waals surface area contributed by atoms with Crippen LogP contribution in [-0.2, 0) is 0 Å². The van der Waals surface area contributed by atoms with E-state index in [1.165, 1.54) is 6.04 Å². The standard InChI is InChI=1S/C2HN.Be.H2/c1-2-3;;/h1H;;1H/q-1;;/p+1. The van der Waals surface area contributed by atoms with Gasteiger partial charge in [-0.2, -0.15) is 0 Å². The van der Waals surface area contributed by atoms with E-state index in [-0.39, 0.29) is 13.0 Å². The Hall–Kier alpha value is -0.471. The van der Waals surface area contributed by atoms with Crippen molar-refractivity contribution in [1.82, 2.24) is 0 Å². The van der Waals surface area contributed by atoms with Gasteiger partial charge in [-0.3, -0.25) is 0 Å². The van der Waals surface area contributed by atoms with Gasteiger partial charge in [-0.25, -0.2) is 6.04 Å². The van der Waals surface area contributed by atoms with E-state index in [0.29, 0.717) is 0 Å². The summed E-state index contributed by atoms with van der Waals surface area (Å²) in [5.41, 5.74) is 7.10. The molecule has 0 bridgehead atoms. The molecule has 1 nitrogen and oxygen atoms in total. The SMILES string of the molecule is C#C[N-].[Be].[H+].[HH]. The molecule has 0 aliphatic carbocycles. The van der Waals surface area contributed by atoms with E-state index in [1.54, 1.807) is 0 Å². The molecule has 0 saturated heterocycles. The molecule has 0 aromatic carbocycles. The van der Waals surface area contributed by atoms with Gasteiger partial charge < -0.3 is 5.73 Å². The van der Waals surface area contributed by atoms with Crippen LogP contribution in [0.3, 0.4) is 0 Å². The summed E-state index contributed by atoms with van der Waals surface area (Å²) in [5.74, 6) is 0. The molecule has 0 N–H and O–H groups in total. The average molecular weight is 51.1 g/mol. The Balaban J connectivity index is -0.00000000667. The molecule has 0 aliphatic rings. The van der Waals surface area contributed by atoms with Crippen molar-refractivity contribution in [3.8, 4) is 12.5 Å². The molecule has 0 aromatic rings. The molecule has 0 fully saturated rings. The maximum Gasteiger partial charge on any atom is 1.00 e. The molecular formula is C2H4BeN. The molecule has 0 spiro atoms. The minimum atomic E-state index is 0. The maximum absolute atomic E-state index is 7.10. The normalized spacial score (nSPS) is 1.75. The number of hydrogen-bond acceptors (Lipinski definition) is 0. The molecule has 0 rings (SSSR count). The summed E-state index contributed by atoms with van der Waals surface area (Å²) in [7, 11) is 0. The van der Waals surface area contributed by atoms with Crippen molar-refractivity contribution in [2.75, 3.05) is 0 Å². The molecule has 0 amide bonds. The van der Waals surface area contributed by atoms with Crippen molar-refractivity contribution in [3.63, 3.8) is 0 Å². The number of nitrogens with zero attached hydrogens (tertiary/aromatic N) is 1. The second kappa shape index (κ2) is 21.1. The minimum absolute atomic E-state index is 0. The van der Waals surface area contributed by atoms with Gasteiger partial charge >= 0.3 is 1.43 Å². The molecule has 0 unspecified atom stereocenters. The number of rotatable bonds is 0. The molecule has 0 atom stereocenters. The van der Waals surface area contributed by atoms with E-state index in [2.05, 4.69) is 6.42 Å². The predicted octanol–water partition coefficient (Wildman–Crippen LogP) is 0.393. The van der Waals surface area contributed by atoms with E-state index in [4.69, 9.17) is 5.73 Å². The minimum Gasteiger partial charge on any atom is -0.756 e. The van der Waals surface area contributed by atoms with Crippen molar-refractivity contribution in [1.29, 1.82) is 0 Å². The maximum atomic E-state index is 7.10. The first-order valence-electron chi connectivity index (χ1n) is 0.512. The smallest absolute Gasteiger partial charge is 0.756 e. The molecule has 0 heterocycles. The van der Waals surface area contributed by atoms with Crippen molar-refractivity contribution in [2.24, 2.45) is 0 Å². The van der Waals surface area contributed by atoms with Crippen molar-refractivity contribution in [3.05, 3.63) is 5.73 Å². The molecule has 0 aliphatic heterocycles. The molecule has 19 valence electrons. The van der Waals surface area contributed by atoms with Crippen LogP contribution in [0.2, 0.25) is 0 Å². The Morgan fingerprint density at radius 1 is 2.25 bits per heavy atom. The molecule has 0 aromatic heterocycles. The summed E-state index contributed by atoms with van der Waals surface area (Å²) in [6.45, 7) is 0. The van der Waals surface area contributed by atoms with Gasteiger partial charge in [-0.05, 0) is 0 Å². The predicted molar refractivity (Wildman–Crippen MR) is 21.2 cm³/mol. The van der Waals surface area contributed by atoms with E-state index < -0.39 is 0 Å². The monoisotopic (exact) mass is 51.0 g/mol. The Morgan fingerprint density at radius 3 is 2.25 bits per heavy atom. The Kier molecular flexibility index (Phi) is 51.0. The van der Waals surface area contributed by atoms with Gasteiger partial charge in [0, 0.05) is 11.5 Å². The van der Waals surface area contributed by atoms with Gasteiger partial charge in [-0.1, -0.05) is 0 Å². The number of hydrogen-bond donors (Lipinski definition) is 0. The first kappa shape index (κ1) is 9.65. The van der Waals surface area contributed by atoms with Gasteiger partial charge in [0.15, 0.2) is 0 Å². The van der Waals surface area contributed by atoms with Gasteiger partial charge in [-0.15, -0.1) is 6.42 Å². The Labute approximate surface area is 32.4 Å². The van der Waals surface area contributed by atoms with Gasteiger partial charge in [0.1, 0.15) is 0 Å². The first-order chi connectivity index (χ1) is 1.41. The van der Waals surface area contributed by atoms with Crippen LogP contribution in [0, 0.1) is 12.5 Å². The largest absolute Gasteiger partial charge is 1.00 e. The summed E-state index contributed by atoms with van der Waals surface area (Å²) < 4.78 is 0. The van der Waals surface area contributed by atoms with Crippen LogP contribution < -0.4 is 0 Å². The van der Waals surface area contributed by atoms with E-state index in [9.17, 15) is 0 Å². The molecule has 0 saturated carbocycles. The van der Waals surface area contributed by atoms with Gasteiger partial charge in [0.2, 0.25) is 0 Å². The average Bonchev–Trinajstić information content (AvgIpc) is 0.918. The fourth-order valence-electron chi connectivity index (χ4n) is 0. The molecule has 4 heavy (non-hydrogen) atoms. The second-order valence-corrected chi connectivity index (χ2v) is 0.129. The topological polar surface area (TPSA) is 22.3 Å². The molecule has 2 heteroatoms. The van der Waals surface area contributed by atoms with Gasteiger partial charge in [0.25, 0.3) is 0 Å². The van der Waals surface area contributed by atoms with Crippen molar-refractivity contribution in [2.45, 2.75) is 0 Å². The Morgan fingerprint density at radius 2 is 2.25 bits per heavy atom. The van der Waals surface area contributed by atoms with Crippen LogP contribution in [-0.4, -0.2) is 10.1 Å². The fraction of sp³-hybridized carbons (Fsp3) is 0. The zero-order valence-corrected chi connectivity index (χ0v) is 2.23. The second-order valence-electron chi connectivity index (χ2n) is 0.129. The van der Waals surface area contributed by atoms with Crippen molar-refractivity contribution < 1.29 is 2.85 Å². The van der Waals surface area contributed by atoms with E-state index in [0.717, 1.165) is 0 Å². The van der Waals surface area contributed by atoms with Crippen LogP contribution in [0.4, 0.5) is 0 Å². The summed E-state index contributed by atoms with van der Waals surface area (Å²) >= 11 is 0. The van der Waals surface area contributed by atoms with Crippen LogP contribution in [0.15, 0.2) is 0 Å². The fourth-order valence-corrected chi connectivity index (χ4v) is 0.